The van der Waals surface area contributed by atoms with Crippen molar-refractivity contribution >= 4 is 29.1 Å². The third-order valence-corrected chi connectivity index (χ3v) is 6.00. The number of amides is 1. The molecule has 2 N–H and O–H groups in total. The Labute approximate surface area is 156 Å². The first-order chi connectivity index (χ1) is 12.0. The Hall–Kier alpha value is -1.72. The number of nitrogens with one attached hydrogen (secondary N) is 1. The summed E-state index contributed by atoms with van der Waals surface area (Å²) in [5.41, 5.74) is 3.01. The number of aryl methyl sites for hydroxylation is 1. The molecule has 5 nitrogen and oxygen atoms in total. The van der Waals surface area contributed by atoms with Gasteiger partial charge in [0, 0.05) is 40.7 Å². The van der Waals surface area contributed by atoms with Crippen molar-refractivity contribution in [3.63, 3.8) is 0 Å². The van der Waals surface area contributed by atoms with Crippen molar-refractivity contribution in [3.8, 4) is 5.75 Å². The SMILES string of the molecule is O=C1[C@H](Cc2c(Cl)cc(O)cc2Cl)CCN1[C@@H]1CCc2nc[nH]c2C1. The van der Waals surface area contributed by atoms with Crippen LogP contribution < -0.4 is 0 Å². The molecule has 25 heavy (non-hydrogen) atoms. The molecule has 2 aliphatic rings. The van der Waals surface area contributed by atoms with Crippen LogP contribution in [0.25, 0.3) is 0 Å². The van der Waals surface area contributed by atoms with Gasteiger partial charge in [-0.15, -0.1) is 0 Å². The van der Waals surface area contributed by atoms with Gasteiger partial charge < -0.3 is 15.0 Å². The van der Waals surface area contributed by atoms with Crippen molar-refractivity contribution in [3.05, 3.63) is 45.5 Å². The fourth-order valence-corrected chi connectivity index (χ4v) is 4.62. The van der Waals surface area contributed by atoms with Crippen LogP contribution in [0.4, 0.5) is 0 Å². The second-order valence-electron chi connectivity index (χ2n) is 6.83. The lowest BCUT2D eigenvalue weighted by Gasteiger charge is -2.31. The minimum atomic E-state index is -0.109. The fourth-order valence-electron chi connectivity index (χ4n) is 3.99. The lowest BCUT2D eigenvalue weighted by molar-refractivity contribution is -0.133. The number of halogens is 2. The van der Waals surface area contributed by atoms with E-state index in [1.54, 1.807) is 6.33 Å². The number of carbonyl (C=O) groups is 1. The molecule has 4 rings (SSSR count). The van der Waals surface area contributed by atoms with Crippen LogP contribution in [-0.4, -0.2) is 38.5 Å². The van der Waals surface area contributed by atoms with Crippen LogP contribution in [0.3, 0.4) is 0 Å². The summed E-state index contributed by atoms with van der Waals surface area (Å²) in [5, 5.41) is 10.4. The van der Waals surface area contributed by atoms with Crippen molar-refractivity contribution < 1.29 is 9.90 Å². The molecule has 1 aromatic carbocycles. The highest BCUT2D eigenvalue weighted by Crippen LogP contribution is 2.35. The van der Waals surface area contributed by atoms with E-state index in [1.807, 2.05) is 4.90 Å². The Morgan fingerprint density at radius 1 is 1.28 bits per heavy atom. The predicted molar refractivity (Wildman–Crippen MR) is 96.1 cm³/mol. The van der Waals surface area contributed by atoms with Crippen LogP contribution >= 0.6 is 23.2 Å². The number of nitrogens with zero attached hydrogens (tertiary/aromatic N) is 2. The lowest BCUT2D eigenvalue weighted by atomic mass is 9.94. The smallest absolute Gasteiger partial charge is 0.226 e. The van der Waals surface area contributed by atoms with Crippen LogP contribution in [0.15, 0.2) is 18.5 Å². The number of imidazole rings is 1. The molecule has 2 heterocycles. The van der Waals surface area contributed by atoms with E-state index in [4.69, 9.17) is 23.2 Å². The molecule has 2 atom stereocenters. The summed E-state index contributed by atoms with van der Waals surface area (Å²) in [6, 6.07) is 3.18. The Balaban J connectivity index is 1.47. The van der Waals surface area contributed by atoms with E-state index >= 15 is 0 Å². The predicted octanol–water partition coefficient (Wildman–Crippen LogP) is 3.37. The van der Waals surface area contributed by atoms with Gasteiger partial charge >= 0.3 is 0 Å². The van der Waals surface area contributed by atoms with E-state index in [9.17, 15) is 9.90 Å². The van der Waals surface area contributed by atoms with Gasteiger partial charge in [-0.3, -0.25) is 4.79 Å². The van der Waals surface area contributed by atoms with Crippen molar-refractivity contribution in [2.24, 2.45) is 5.92 Å². The fraction of sp³-hybridized carbons (Fsp3) is 0.444. The summed E-state index contributed by atoms with van der Waals surface area (Å²) in [7, 11) is 0. The van der Waals surface area contributed by atoms with E-state index in [0.29, 0.717) is 16.5 Å². The first-order valence-corrected chi connectivity index (χ1v) is 9.27. The Bertz CT molecular complexity index is 797. The van der Waals surface area contributed by atoms with Gasteiger partial charge in [-0.1, -0.05) is 23.2 Å². The van der Waals surface area contributed by atoms with Crippen LogP contribution in [0, 0.1) is 5.92 Å². The molecule has 2 aromatic rings. The first-order valence-electron chi connectivity index (χ1n) is 8.51. The van der Waals surface area contributed by atoms with Gasteiger partial charge in [-0.2, -0.15) is 0 Å². The molecule has 0 spiro atoms. The number of hydrogen-bond acceptors (Lipinski definition) is 3. The monoisotopic (exact) mass is 379 g/mol. The summed E-state index contributed by atoms with van der Waals surface area (Å²) >= 11 is 12.4. The standard InChI is InChI=1S/C18H19Cl2N3O2/c19-14-7-12(24)8-15(20)13(14)5-10-3-4-23(18(10)25)11-1-2-16-17(6-11)22-9-21-16/h7-11,24H,1-6H2,(H,21,22)/t10-,11+/m0/s1. The van der Waals surface area contributed by atoms with E-state index in [2.05, 4.69) is 9.97 Å². The molecule has 0 unspecified atom stereocenters. The molecule has 1 saturated heterocycles. The highest BCUT2D eigenvalue weighted by atomic mass is 35.5. The average molecular weight is 380 g/mol. The number of aromatic hydroxyl groups is 1. The number of phenols is 1. The number of rotatable bonds is 3. The summed E-state index contributed by atoms with van der Waals surface area (Å²) in [5.74, 6) is 0.103. The molecular weight excluding hydrogens is 361 g/mol. The number of hydrogen-bond donors (Lipinski definition) is 2. The highest BCUT2D eigenvalue weighted by Gasteiger charge is 2.38. The van der Waals surface area contributed by atoms with Gasteiger partial charge in [0.25, 0.3) is 0 Å². The number of likely N-dealkylation sites (tertiary alicyclic amines) is 1. The van der Waals surface area contributed by atoms with Crippen molar-refractivity contribution in [2.75, 3.05) is 6.54 Å². The van der Waals surface area contributed by atoms with Crippen LogP contribution in [-0.2, 0) is 24.1 Å². The van der Waals surface area contributed by atoms with Gasteiger partial charge in [0.05, 0.1) is 12.0 Å². The van der Waals surface area contributed by atoms with Crippen molar-refractivity contribution in [2.45, 2.75) is 38.1 Å². The average Bonchev–Trinajstić information content (AvgIpc) is 3.17. The number of aromatic amines is 1. The van der Waals surface area contributed by atoms with Gasteiger partial charge in [-0.05, 0) is 43.4 Å². The van der Waals surface area contributed by atoms with Crippen LogP contribution in [0.2, 0.25) is 10.0 Å². The van der Waals surface area contributed by atoms with Gasteiger partial charge in [0.15, 0.2) is 0 Å². The van der Waals surface area contributed by atoms with Crippen LogP contribution in [0.1, 0.15) is 29.8 Å². The molecule has 0 saturated carbocycles. The molecule has 0 bridgehead atoms. The van der Waals surface area contributed by atoms with Crippen LogP contribution in [0.5, 0.6) is 5.75 Å². The molecule has 1 aromatic heterocycles. The summed E-state index contributed by atoms with van der Waals surface area (Å²) < 4.78 is 0. The van der Waals surface area contributed by atoms with E-state index in [1.165, 1.54) is 12.1 Å². The Morgan fingerprint density at radius 2 is 2.04 bits per heavy atom. The molecule has 1 amide bonds. The zero-order valence-electron chi connectivity index (χ0n) is 13.6. The van der Waals surface area contributed by atoms with Gasteiger partial charge in [0.2, 0.25) is 5.91 Å². The molecule has 1 fully saturated rings. The molecule has 132 valence electrons. The highest BCUT2D eigenvalue weighted by molar-refractivity contribution is 6.36. The van der Waals surface area contributed by atoms with Crippen molar-refractivity contribution in [1.82, 2.24) is 14.9 Å². The zero-order chi connectivity index (χ0) is 17.6. The minimum absolute atomic E-state index is 0.0377. The number of aromatic nitrogens is 2. The first kappa shape index (κ1) is 16.7. The van der Waals surface area contributed by atoms with E-state index in [0.717, 1.165) is 49.2 Å². The molecule has 7 heteroatoms. The number of H-pyrrole nitrogens is 1. The third-order valence-electron chi connectivity index (χ3n) is 5.33. The number of carbonyl (C=O) groups excluding carboxylic acids is 1. The summed E-state index contributed by atoms with van der Waals surface area (Å²) in [6.07, 6.45) is 5.75. The number of fused-ring (bicyclic) bond motifs is 1. The van der Waals surface area contributed by atoms with E-state index in [-0.39, 0.29) is 23.6 Å². The van der Waals surface area contributed by atoms with Gasteiger partial charge in [-0.25, -0.2) is 4.98 Å². The quantitative estimate of drug-likeness (QED) is 0.858. The van der Waals surface area contributed by atoms with E-state index < -0.39 is 0 Å². The molecule has 0 radical (unpaired) electrons. The maximum Gasteiger partial charge on any atom is 0.226 e. The summed E-state index contributed by atoms with van der Waals surface area (Å²) in [6.45, 7) is 0.769. The second kappa shape index (κ2) is 6.54. The van der Waals surface area contributed by atoms with Crippen molar-refractivity contribution in [1.29, 1.82) is 0 Å². The maximum absolute atomic E-state index is 12.9. The zero-order valence-corrected chi connectivity index (χ0v) is 15.1. The normalized spacial score (nSPS) is 23.1. The number of phenolic OH excluding ortho intramolecular Hbond substituents is 1. The molecule has 1 aliphatic carbocycles. The Morgan fingerprint density at radius 3 is 2.80 bits per heavy atom. The topological polar surface area (TPSA) is 69.2 Å². The third kappa shape index (κ3) is 3.11. The summed E-state index contributed by atoms with van der Waals surface area (Å²) in [4.78, 5) is 22.4. The lowest BCUT2D eigenvalue weighted by Crippen LogP contribution is -2.41. The van der Waals surface area contributed by atoms with Gasteiger partial charge in [0.1, 0.15) is 5.75 Å². The Kier molecular flexibility index (Phi) is 4.38. The minimum Gasteiger partial charge on any atom is -0.508 e. The molecule has 1 aliphatic heterocycles. The largest absolute Gasteiger partial charge is 0.508 e. The number of benzene rings is 1. The second-order valence-corrected chi connectivity index (χ2v) is 7.65. The molecular formula is C18H19Cl2N3O2. The maximum atomic E-state index is 12.9.